The molecule has 22 heavy (non-hydrogen) atoms. The van der Waals surface area contributed by atoms with Crippen LogP contribution in [0.25, 0.3) is 11.1 Å². The maximum atomic E-state index is 10.5. The fraction of sp³-hybridized carbons (Fsp3) is 0.222. The zero-order valence-electron chi connectivity index (χ0n) is 13.1. The van der Waals surface area contributed by atoms with E-state index in [0.29, 0.717) is 0 Å². The quantitative estimate of drug-likeness (QED) is 0.658. The Bertz CT molecular complexity index is 665. The monoisotopic (exact) mass is 295 g/mol. The molecule has 0 saturated heterocycles. The molecule has 0 bridgehead atoms. The Morgan fingerprint density at radius 2 is 1.50 bits per heavy atom. The van der Waals surface area contributed by atoms with Crippen LogP contribution < -0.4 is 11.2 Å². The van der Waals surface area contributed by atoms with E-state index >= 15 is 0 Å². The lowest BCUT2D eigenvalue weighted by atomic mass is 9.86. The molecule has 0 aromatic heterocycles. The summed E-state index contributed by atoms with van der Waals surface area (Å²) in [6.07, 6.45) is 1.55. The second-order valence-corrected chi connectivity index (χ2v) is 6.18. The highest BCUT2D eigenvalue weighted by molar-refractivity contribution is 5.82. The van der Waals surface area contributed by atoms with Crippen LogP contribution in [0.15, 0.2) is 53.6 Å². The van der Waals surface area contributed by atoms with Crippen molar-refractivity contribution >= 4 is 12.2 Å². The van der Waals surface area contributed by atoms with Gasteiger partial charge in [-0.05, 0) is 27.7 Å². The average Bonchev–Trinajstić information content (AvgIpc) is 2.47. The number of nitrogens with zero attached hydrogens (tertiary/aromatic N) is 1. The number of nitrogens with one attached hydrogen (secondary N) is 1. The smallest absolute Gasteiger partial charge is 0.332 e. The van der Waals surface area contributed by atoms with Gasteiger partial charge in [0.2, 0.25) is 0 Å². The van der Waals surface area contributed by atoms with Crippen molar-refractivity contribution in [2.45, 2.75) is 26.2 Å². The van der Waals surface area contributed by atoms with Gasteiger partial charge in [0.05, 0.1) is 6.21 Å². The van der Waals surface area contributed by atoms with Crippen molar-refractivity contribution in [1.29, 1.82) is 0 Å². The third kappa shape index (κ3) is 4.19. The van der Waals surface area contributed by atoms with Crippen molar-refractivity contribution in [2.75, 3.05) is 0 Å². The number of hydrogen-bond donors (Lipinski definition) is 2. The Morgan fingerprint density at radius 3 is 1.95 bits per heavy atom. The minimum absolute atomic E-state index is 0.159. The van der Waals surface area contributed by atoms with Gasteiger partial charge in [0, 0.05) is 0 Å². The fourth-order valence-electron chi connectivity index (χ4n) is 2.09. The van der Waals surface area contributed by atoms with E-state index in [-0.39, 0.29) is 5.41 Å². The third-order valence-electron chi connectivity index (χ3n) is 3.38. The van der Waals surface area contributed by atoms with Crippen molar-refractivity contribution in [1.82, 2.24) is 5.43 Å². The molecule has 0 radical (unpaired) electrons. The number of rotatable bonds is 3. The van der Waals surface area contributed by atoms with Crippen LogP contribution in [0.5, 0.6) is 0 Å². The van der Waals surface area contributed by atoms with Gasteiger partial charge in [-0.2, -0.15) is 5.10 Å². The normalized spacial score (nSPS) is 11.6. The van der Waals surface area contributed by atoms with Crippen LogP contribution in [0.1, 0.15) is 31.9 Å². The summed E-state index contributed by atoms with van der Waals surface area (Å²) in [6.45, 7) is 6.61. The summed E-state index contributed by atoms with van der Waals surface area (Å²) in [6, 6.07) is 15.9. The molecule has 4 nitrogen and oxygen atoms in total. The first-order valence-corrected chi connectivity index (χ1v) is 7.16. The van der Waals surface area contributed by atoms with Crippen LogP contribution in [0.3, 0.4) is 0 Å². The minimum Gasteiger partial charge on any atom is -0.350 e. The van der Waals surface area contributed by atoms with Gasteiger partial charge < -0.3 is 5.73 Å². The molecule has 2 aromatic carbocycles. The number of amides is 2. The van der Waals surface area contributed by atoms with E-state index in [4.69, 9.17) is 5.73 Å². The van der Waals surface area contributed by atoms with E-state index in [9.17, 15) is 4.79 Å². The molecule has 4 heteroatoms. The molecular formula is C18H21N3O. The molecule has 0 atom stereocenters. The first-order valence-electron chi connectivity index (χ1n) is 7.16. The topological polar surface area (TPSA) is 67.5 Å². The molecule has 0 fully saturated rings. The number of urea groups is 1. The zero-order chi connectivity index (χ0) is 16.2. The Hall–Kier alpha value is -2.62. The molecule has 0 aliphatic rings. The van der Waals surface area contributed by atoms with E-state index in [2.05, 4.69) is 55.6 Å². The molecule has 2 amide bonds. The van der Waals surface area contributed by atoms with Gasteiger partial charge in [-0.25, -0.2) is 10.2 Å². The predicted molar refractivity (Wildman–Crippen MR) is 90.9 cm³/mol. The van der Waals surface area contributed by atoms with E-state index in [1.165, 1.54) is 11.1 Å². The first kappa shape index (κ1) is 15.8. The molecule has 2 rings (SSSR count). The Morgan fingerprint density at radius 1 is 1.00 bits per heavy atom. The van der Waals surface area contributed by atoms with Crippen molar-refractivity contribution in [2.24, 2.45) is 10.8 Å². The number of hydrogen-bond acceptors (Lipinski definition) is 2. The van der Waals surface area contributed by atoms with E-state index in [0.717, 1.165) is 11.1 Å². The third-order valence-corrected chi connectivity index (χ3v) is 3.38. The van der Waals surface area contributed by atoms with Crippen molar-refractivity contribution in [3.8, 4) is 11.1 Å². The summed E-state index contributed by atoms with van der Waals surface area (Å²) in [5, 5.41) is 3.73. The number of hydrazone groups is 1. The fourth-order valence-corrected chi connectivity index (χ4v) is 2.09. The van der Waals surface area contributed by atoms with Crippen molar-refractivity contribution in [3.63, 3.8) is 0 Å². The number of carbonyl (C=O) groups excluding carboxylic acids is 1. The van der Waals surface area contributed by atoms with Gasteiger partial charge >= 0.3 is 6.03 Å². The van der Waals surface area contributed by atoms with Crippen LogP contribution >= 0.6 is 0 Å². The lowest BCUT2D eigenvalue weighted by Gasteiger charge is -2.19. The van der Waals surface area contributed by atoms with Gasteiger partial charge in [0.25, 0.3) is 0 Å². The van der Waals surface area contributed by atoms with Crippen LogP contribution in [-0.2, 0) is 5.41 Å². The molecular weight excluding hydrogens is 274 g/mol. The number of benzene rings is 2. The van der Waals surface area contributed by atoms with Crippen LogP contribution in [0.4, 0.5) is 4.79 Å². The molecule has 0 aliphatic heterocycles. The molecule has 3 N–H and O–H groups in total. The summed E-state index contributed by atoms with van der Waals surface area (Å²) >= 11 is 0. The predicted octanol–water partition coefficient (Wildman–Crippen LogP) is 3.65. The molecule has 0 unspecified atom stereocenters. The second-order valence-electron chi connectivity index (χ2n) is 6.18. The standard InChI is InChI=1S/C18H21N3O/c1-18(2,3)16-10-8-15(9-11-16)14-6-4-13(5-7-14)12-20-21-17(19)22/h4-12H,1-3H3,(H3,19,21,22). The van der Waals surface area contributed by atoms with Gasteiger partial charge in [-0.15, -0.1) is 0 Å². The summed E-state index contributed by atoms with van der Waals surface area (Å²) in [7, 11) is 0. The highest BCUT2D eigenvalue weighted by Gasteiger charge is 2.12. The molecule has 0 heterocycles. The molecule has 114 valence electrons. The molecule has 2 aromatic rings. The van der Waals surface area contributed by atoms with Crippen LogP contribution in [0, 0.1) is 0 Å². The van der Waals surface area contributed by atoms with Gasteiger partial charge in [-0.3, -0.25) is 0 Å². The lowest BCUT2D eigenvalue weighted by molar-refractivity contribution is 0.249. The SMILES string of the molecule is CC(C)(C)c1ccc(-c2ccc(C=NNC(N)=O)cc2)cc1. The summed E-state index contributed by atoms with van der Waals surface area (Å²) in [4.78, 5) is 10.5. The minimum atomic E-state index is -0.674. The summed E-state index contributed by atoms with van der Waals surface area (Å²) in [5.41, 5.74) is 11.8. The molecule has 0 aliphatic carbocycles. The number of nitrogens with two attached hydrogens (primary N) is 1. The Kier molecular flexibility index (Phi) is 4.61. The Balaban J connectivity index is 2.13. The number of primary amides is 1. The highest BCUT2D eigenvalue weighted by atomic mass is 16.2. The van der Waals surface area contributed by atoms with E-state index in [1.807, 2.05) is 24.3 Å². The van der Waals surface area contributed by atoms with Gasteiger partial charge in [0.1, 0.15) is 0 Å². The largest absolute Gasteiger partial charge is 0.350 e. The van der Waals surface area contributed by atoms with Crippen molar-refractivity contribution in [3.05, 3.63) is 59.7 Å². The first-order chi connectivity index (χ1) is 10.4. The zero-order valence-corrected chi connectivity index (χ0v) is 13.1. The molecule has 0 spiro atoms. The lowest BCUT2D eigenvalue weighted by Crippen LogP contribution is -2.24. The Labute approximate surface area is 131 Å². The van der Waals surface area contributed by atoms with Crippen LogP contribution in [0.2, 0.25) is 0 Å². The maximum Gasteiger partial charge on any atom is 0.332 e. The van der Waals surface area contributed by atoms with E-state index in [1.54, 1.807) is 6.21 Å². The summed E-state index contributed by atoms with van der Waals surface area (Å²) in [5.74, 6) is 0. The number of carbonyl (C=O) groups is 1. The molecule has 0 saturated carbocycles. The van der Waals surface area contributed by atoms with Crippen molar-refractivity contribution < 1.29 is 4.79 Å². The second kappa shape index (κ2) is 6.43. The maximum absolute atomic E-state index is 10.5. The van der Waals surface area contributed by atoms with Crippen LogP contribution in [-0.4, -0.2) is 12.2 Å². The van der Waals surface area contributed by atoms with Gasteiger partial charge in [0.15, 0.2) is 0 Å². The summed E-state index contributed by atoms with van der Waals surface area (Å²) < 4.78 is 0. The van der Waals surface area contributed by atoms with Gasteiger partial charge in [-0.1, -0.05) is 69.3 Å². The highest BCUT2D eigenvalue weighted by Crippen LogP contribution is 2.26. The average molecular weight is 295 g/mol. The van der Waals surface area contributed by atoms with E-state index < -0.39 is 6.03 Å².